The second-order valence-corrected chi connectivity index (χ2v) is 6.24. The van der Waals surface area contributed by atoms with Crippen LogP contribution in [0.15, 0.2) is 18.2 Å². The standard InChI is InChI=1S/C15H18ClN3S/c1-11(10-20-2)9-19-14-7-12(8-17)3-4-13(14)18-15(19)5-6-16/h3-4,7,11H,5-6,9-10H2,1-2H3. The fourth-order valence-electron chi connectivity index (χ4n) is 2.37. The number of nitriles is 1. The molecule has 5 heteroatoms. The van der Waals surface area contributed by atoms with Gasteiger partial charge in [-0.15, -0.1) is 11.6 Å². The zero-order valence-electron chi connectivity index (χ0n) is 11.8. The first-order chi connectivity index (χ1) is 9.69. The molecule has 0 bridgehead atoms. The Bertz CT molecular complexity index is 630. The molecule has 0 saturated heterocycles. The predicted octanol–water partition coefficient (Wildman–Crippen LogP) is 3.69. The van der Waals surface area contributed by atoms with Gasteiger partial charge in [-0.3, -0.25) is 0 Å². The molecule has 0 spiro atoms. The van der Waals surface area contributed by atoms with E-state index in [9.17, 15) is 0 Å². The Morgan fingerprint density at radius 2 is 2.30 bits per heavy atom. The molecule has 0 aliphatic carbocycles. The van der Waals surface area contributed by atoms with Crippen LogP contribution in [-0.4, -0.2) is 27.4 Å². The van der Waals surface area contributed by atoms with Crippen LogP contribution >= 0.6 is 23.4 Å². The molecule has 1 aromatic heterocycles. The van der Waals surface area contributed by atoms with Crippen LogP contribution in [0.2, 0.25) is 0 Å². The van der Waals surface area contributed by atoms with Crippen molar-refractivity contribution in [3.8, 4) is 6.07 Å². The number of imidazole rings is 1. The summed E-state index contributed by atoms with van der Waals surface area (Å²) in [5, 5.41) is 9.06. The summed E-state index contributed by atoms with van der Waals surface area (Å²) in [6.07, 6.45) is 2.88. The van der Waals surface area contributed by atoms with Crippen molar-refractivity contribution in [1.29, 1.82) is 5.26 Å². The van der Waals surface area contributed by atoms with E-state index in [2.05, 4.69) is 28.8 Å². The van der Waals surface area contributed by atoms with Crippen molar-refractivity contribution in [3.05, 3.63) is 29.6 Å². The van der Waals surface area contributed by atoms with Crippen molar-refractivity contribution in [2.75, 3.05) is 17.9 Å². The molecule has 0 radical (unpaired) electrons. The molecule has 3 nitrogen and oxygen atoms in total. The van der Waals surface area contributed by atoms with Crippen molar-refractivity contribution in [2.45, 2.75) is 19.9 Å². The maximum atomic E-state index is 9.06. The molecule has 0 amide bonds. The first kappa shape index (κ1) is 15.2. The lowest BCUT2D eigenvalue weighted by Crippen LogP contribution is -2.13. The van der Waals surface area contributed by atoms with Gasteiger partial charge in [0.25, 0.3) is 0 Å². The van der Waals surface area contributed by atoms with Crippen molar-refractivity contribution < 1.29 is 0 Å². The number of thioether (sulfide) groups is 1. The maximum absolute atomic E-state index is 9.06. The molecular weight excluding hydrogens is 290 g/mol. The fraction of sp³-hybridized carbons (Fsp3) is 0.467. The molecule has 0 fully saturated rings. The molecule has 1 heterocycles. The molecule has 1 aromatic carbocycles. The van der Waals surface area contributed by atoms with Crippen LogP contribution < -0.4 is 0 Å². The minimum atomic E-state index is 0.558. The lowest BCUT2D eigenvalue weighted by Gasteiger charge is -2.14. The van der Waals surface area contributed by atoms with Gasteiger partial charge in [0.2, 0.25) is 0 Å². The van der Waals surface area contributed by atoms with Crippen molar-refractivity contribution >= 4 is 34.4 Å². The van der Waals surface area contributed by atoms with Crippen LogP contribution in [0.1, 0.15) is 18.3 Å². The van der Waals surface area contributed by atoms with E-state index in [0.29, 0.717) is 17.4 Å². The monoisotopic (exact) mass is 307 g/mol. The largest absolute Gasteiger partial charge is 0.328 e. The molecule has 0 aliphatic heterocycles. The molecule has 0 saturated carbocycles. The van der Waals surface area contributed by atoms with Crippen molar-refractivity contribution in [1.82, 2.24) is 9.55 Å². The van der Waals surface area contributed by atoms with E-state index < -0.39 is 0 Å². The highest BCUT2D eigenvalue weighted by atomic mass is 35.5. The van der Waals surface area contributed by atoms with Crippen molar-refractivity contribution in [3.63, 3.8) is 0 Å². The van der Waals surface area contributed by atoms with Crippen molar-refractivity contribution in [2.24, 2.45) is 5.92 Å². The molecule has 2 aromatic rings. The minimum absolute atomic E-state index is 0.558. The zero-order chi connectivity index (χ0) is 14.5. The van der Waals surface area contributed by atoms with Crippen LogP contribution in [0.3, 0.4) is 0 Å². The van der Waals surface area contributed by atoms with Gasteiger partial charge in [0.05, 0.1) is 22.7 Å². The number of fused-ring (bicyclic) bond motifs is 1. The van der Waals surface area contributed by atoms with Gasteiger partial charge in [-0.25, -0.2) is 4.98 Å². The Kier molecular flexibility index (Phi) is 5.33. The molecule has 0 aliphatic rings. The second-order valence-electron chi connectivity index (χ2n) is 4.95. The Balaban J connectivity index is 2.46. The third-order valence-electron chi connectivity index (χ3n) is 3.22. The number of hydrogen-bond donors (Lipinski definition) is 0. The third kappa shape index (κ3) is 3.28. The summed E-state index contributed by atoms with van der Waals surface area (Å²) < 4.78 is 2.22. The van der Waals surface area contributed by atoms with Gasteiger partial charge in [-0.05, 0) is 36.1 Å². The van der Waals surface area contributed by atoms with E-state index in [-0.39, 0.29) is 0 Å². The Morgan fingerprint density at radius 3 is 2.95 bits per heavy atom. The zero-order valence-corrected chi connectivity index (χ0v) is 13.3. The van der Waals surface area contributed by atoms with Gasteiger partial charge < -0.3 is 4.57 Å². The maximum Gasteiger partial charge on any atom is 0.111 e. The first-order valence-electron chi connectivity index (χ1n) is 6.63. The predicted molar refractivity (Wildman–Crippen MR) is 86.4 cm³/mol. The highest BCUT2D eigenvalue weighted by Crippen LogP contribution is 2.21. The SMILES string of the molecule is CSCC(C)Cn1c(CCCl)nc2ccc(C#N)cc21. The van der Waals surface area contributed by atoms with Crippen LogP contribution in [0.25, 0.3) is 11.0 Å². The molecule has 20 heavy (non-hydrogen) atoms. The first-order valence-corrected chi connectivity index (χ1v) is 8.56. The van der Waals surface area contributed by atoms with Gasteiger partial charge >= 0.3 is 0 Å². The summed E-state index contributed by atoms with van der Waals surface area (Å²) in [6.45, 7) is 3.15. The molecular formula is C15H18ClN3S. The summed E-state index contributed by atoms with van der Waals surface area (Å²) >= 11 is 7.73. The number of aryl methyl sites for hydroxylation is 1. The average Bonchev–Trinajstić information content (AvgIpc) is 2.77. The van der Waals surface area contributed by atoms with E-state index in [1.54, 1.807) is 0 Å². The van der Waals surface area contributed by atoms with E-state index in [1.165, 1.54) is 0 Å². The smallest absolute Gasteiger partial charge is 0.111 e. The molecule has 1 unspecified atom stereocenters. The number of aromatic nitrogens is 2. The highest BCUT2D eigenvalue weighted by molar-refractivity contribution is 7.98. The average molecular weight is 308 g/mol. The molecule has 1 atom stereocenters. The third-order valence-corrected chi connectivity index (χ3v) is 4.31. The normalized spacial score (nSPS) is 12.5. The second kappa shape index (κ2) is 7.01. The van der Waals surface area contributed by atoms with Gasteiger partial charge in [0.15, 0.2) is 0 Å². The minimum Gasteiger partial charge on any atom is -0.328 e. The fourth-order valence-corrected chi connectivity index (χ4v) is 3.21. The molecule has 0 N–H and O–H groups in total. The number of hydrogen-bond acceptors (Lipinski definition) is 3. The number of alkyl halides is 1. The number of nitrogens with zero attached hydrogens (tertiary/aromatic N) is 3. The number of benzene rings is 1. The van der Waals surface area contributed by atoms with Crippen LogP contribution in [-0.2, 0) is 13.0 Å². The van der Waals surface area contributed by atoms with E-state index in [1.807, 2.05) is 30.0 Å². The highest BCUT2D eigenvalue weighted by Gasteiger charge is 2.13. The van der Waals surface area contributed by atoms with Crippen LogP contribution in [0.5, 0.6) is 0 Å². The Morgan fingerprint density at radius 1 is 1.50 bits per heavy atom. The topological polar surface area (TPSA) is 41.6 Å². The van der Waals surface area contributed by atoms with Gasteiger partial charge in [-0.1, -0.05) is 6.92 Å². The van der Waals surface area contributed by atoms with E-state index in [0.717, 1.165) is 35.6 Å². The molecule has 106 valence electrons. The summed E-state index contributed by atoms with van der Waals surface area (Å²) in [5.41, 5.74) is 2.66. The van der Waals surface area contributed by atoms with Crippen LogP contribution in [0.4, 0.5) is 0 Å². The molecule has 2 rings (SSSR count). The van der Waals surface area contributed by atoms with Gasteiger partial charge in [0.1, 0.15) is 5.82 Å². The van der Waals surface area contributed by atoms with Gasteiger partial charge in [-0.2, -0.15) is 17.0 Å². The summed E-state index contributed by atoms with van der Waals surface area (Å²) in [4.78, 5) is 4.65. The summed E-state index contributed by atoms with van der Waals surface area (Å²) in [7, 11) is 0. The number of rotatable bonds is 6. The van der Waals surface area contributed by atoms with E-state index >= 15 is 0 Å². The van der Waals surface area contributed by atoms with E-state index in [4.69, 9.17) is 16.9 Å². The summed E-state index contributed by atoms with van der Waals surface area (Å²) in [5.74, 6) is 3.24. The Labute approximate surface area is 128 Å². The lowest BCUT2D eigenvalue weighted by molar-refractivity contribution is 0.526. The number of halogens is 1. The summed E-state index contributed by atoms with van der Waals surface area (Å²) in [6, 6.07) is 7.85. The quantitative estimate of drug-likeness (QED) is 0.764. The van der Waals surface area contributed by atoms with Crippen LogP contribution in [0, 0.1) is 17.2 Å². The Hall–Kier alpha value is -1.18. The lowest BCUT2D eigenvalue weighted by atomic mass is 10.2. The van der Waals surface area contributed by atoms with Gasteiger partial charge in [0, 0.05) is 18.8 Å².